The van der Waals surface area contributed by atoms with Crippen LogP contribution in [0.1, 0.15) is 11.1 Å². The van der Waals surface area contributed by atoms with Gasteiger partial charge in [-0.1, -0.05) is 6.07 Å². The zero-order valence-corrected chi connectivity index (χ0v) is 9.62. The minimum absolute atomic E-state index is 0.0654. The summed E-state index contributed by atoms with van der Waals surface area (Å²) in [6.45, 7) is 0. The van der Waals surface area contributed by atoms with E-state index in [0.29, 0.717) is 0 Å². The Balaban J connectivity index is 2.26. The van der Waals surface area contributed by atoms with Gasteiger partial charge >= 0.3 is 0 Å². The second-order valence-corrected chi connectivity index (χ2v) is 3.92. The molecule has 0 aliphatic carbocycles. The molecule has 0 amide bonds. The van der Waals surface area contributed by atoms with Crippen molar-refractivity contribution in [1.82, 2.24) is 0 Å². The molecule has 0 aliphatic heterocycles. The first-order valence-electron chi connectivity index (χ1n) is 5.02. The van der Waals surface area contributed by atoms with Crippen LogP contribution in [0.4, 0.5) is 5.69 Å². The van der Waals surface area contributed by atoms with Crippen LogP contribution in [0.3, 0.4) is 0 Å². The van der Waals surface area contributed by atoms with Crippen LogP contribution in [0, 0.1) is 10.1 Å². The Morgan fingerprint density at radius 3 is 2.24 bits per heavy atom. The van der Waals surface area contributed by atoms with Crippen molar-refractivity contribution in [1.29, 1.82) is 0 Å². The van der Waals surface area contributed by atoms with Crippen LogP contribution >= 0.6 is 11.6 Å². The summed E-state index contributed by atoms with van der Waals surface area (Å²) in [4.78, 5) is 10.1. The molecule has 5 heteroatoms. The van der Waals surface area contributed by atoms with E-state index in [0.717, 1.165) is 5.56 Å². The molecule has 0 spiro atoms. The normalized spacial score (nSPS) is 12.1. The van der Waals surface area contributed by atoms with Gasteiger partial charge in [-0.25, -0.2) is 0 Å². The first-order chi connectivity index (χ1) is 8.18. The van der Waals surface area contributed by atoms with Crippen LogP contribution < -0.4 is 4.57 Å². The monoisotopic (exact) mass is 249 g/mol. The number of halogens is 1. The summed E-state index contributed by atoms with van der Waals surface area (Å²) in [5.74, 6) is 0. The van der Waals surface area contributed by atoms with E-state index >= 15 is 0 Å². The van der Waals surface area contributed by atoms with E-state index < -0.39 is 4.92 Å². The summed E-state index contributed by atoms with van der Waals surface area (Å²) >= 11 is 6.26. The van der Waals surface area contributed by atoms with Gasteiger partial charge in [0.05, 0.1) is 4.92 Å². The van der Waals surface area contributed by atoms with Gasteiger partial charge in [-0.05, 0) is 23.7 Å². The molecule has 1 unspecified atom stereocenters. The lowest BCUT2D eigenvalue weighted by Gasteiger charge is -2.04. The molecule has 0 fully saturated rings. The number of nitro benzene ring substituents is 1. The summed E-state index contributed by atoms with van der Waals surface area (Å²) in [5, 5.41) is 10.5. The third-order valence-corrected chi connectivity index (χ3v) is 2.86. The van der Waals surface area contributed by atoms with Gasteiger partial charge in [0.15, 0.2) is 12.4 Å². The molecule has 86 valence electrons. The maximum atomic E-state index is 10.5. The highest BCUT2D eigenvalue weighted by Crippen LogP contribution is 2.20. The molecule has 1 heterocycles. The smallest absolute Gasteiger partial charge is 0.258 e. The van der Waals surface area contributed by atoms with E-state index in [9.17, 15) is 10.1 Å². The highest BCUT2D eigenvalue weighted by molar-refractivity contribution is 6.19. The third-order valence-electron chi connectivity index (χ3n) is 2.38. The van der Waals surface area contributed by atoms with Crippen molar-refractivity contribution in [2.75, 3.05) is 0 Å². The molecule has 1 aromatic heterocycles. The Hall–Kier alpha value is -1.94. The number of alkyl halides is 1. The van der Waals surface area contributed by atoms with Gasteiger partial charge in [-0.2, -0.15) is 4.57 Å². The highest BCUT2D eigenvalue weighted by atomic mass is 35.5. The SMILES string of the molecule is O=[N+]([O-])c1ccc(C(Cl)[n+]2ccccc2)cc1. The van der Waals surface area contributed by atoms with Gasteiger partial charge < -0.3 is 0 Å². The lowest BCUT2D eigenvalue weighted by molar-refractivity contribution is -0.694. The molecule has 0 aliphatic rings. The van der Waals surface area contributed by atoms with E-state index in [-0.39, 0.29) is 11.2 Å². The van der Waals surface area contributed by atoms with E-state index in [1.165, 1.54) is 12.1 Å². The molecule has 0 bridgehead atoms. The standard InChI is InChI=1S/C12H10ClN2O2/c13-12(14-8-2-1-3-9-14)10-4-6-11(7-5-10)15(16)17/h1-9,12H/q+1. The van der Waals surface area contributed by atoms with E-state index in [1.54, 1.807) is 12.1 Å². The number of hydrogen-bond donors (Lipinski definition) is 0. The Labute approximate surface area is 103 Å². The third kappa shape index (κ3) is 2.60. The summed E-state index contributed by atoms with van der Waals surface area (Å²) in [5.41, 5.74) is 0.515. The highest BCUT2D eigenvalue weighted by Gasteiger charge is 2.17. The van der Waals surface area contributed by atoms with Crippen molar-refractivity contribution in [3.05, 3.63) is 70.5 Å². The summed E-state index contributed by atoms with van der Waals surface area (Å²) in [6.07, 6.45) is 3.69. The fourth-order valence-corrected chi connectivity index (χ4v) is 1.77. The van der Waals surface area contributed by atoms with Crippen molar-refractivity contribution in [2.45, 2.75) is 5.50 Å². The molecule has 17 heavy (non-hydrogen) atoms. The van der Waals surface area contributed by atoms with Gasteiger partial charge in [0.2, 0.25) is 0 Å². The van der Waals surface area contributed by atoms with Crippen molar-refractivity contribution >= 4 is 17.3 Å². The molecule has 1 atom stereocenters. The van der Waals surface area contributed by atoms with E-state index in [1.807, 2.05) is 35.2 Å². The maximum Gasteiger partial charge on any atom is 0.269 e. The van der Waals surface area contributed by atoms with Crippen LogP contribution in [-0.2, 0) is 0 Å². The van der Waals surface area contributed by atoms with Gasteiger partial charge in [-0.15, -0.1) is 0 Å². The van der Waals surface area contributed by atoms with Crippen LogP contribution in [0.25, 0.3) is 0 Å². The molecule has 0 N–H and O–H groups in total. The second kappa shape index (κ2) is 4.93. The van der Waals surface area contributed by atoms with Crippen molar-refractivity contribution in [2.24, 2.45) is 0 Å². The molecule has 0 radical (unpaired) electrons. The topological polar surface area (TPSA) is 47.0 Å². The Morgan fingerprint density at radius 1 is 1.12 bits per heavy atom. The largest absolute Gasteiger partial charge is 0.269 e. The first-order valence-corrected chi connectivity index (χ1v) is 5.46. The van der Waals surface area contributed by atoms with E-state index in [2.05, 4.69) is 0 Å². The van der Waals surface area contributed by atoms with Gasteiger partial charge in [0.1, 0.15) is 0 Å². The lowest BCUT2D eigenvalue weighted by Crippen LogP contribution is -2.35. The average molecular weight is 250 g/mol. The predicted molar refractivity (Wildman–Crippen MR) is 63.7 cm³/mol. The van der Waals surface area contributed by atoms with Gasteiger partial charge in [0.25, 0.3) is 11.2 Å². The second-order valence-electron chi connectivity index (χ2n) is 3.51. The van der Waals surface area contributed by atoms with Crippen LogP contribution in [0.15, 0.2) is 54.9 Å². The average Bonchev–Trinajstić information content (AvgIpc) is 2.39. The summed E-state index contributed by atoms with van der Waals surface area (Å²) in [7, 11) is 0. The number of nitro groups is 1. The number of rotatable bonds is 3. The number of hydrogen-bond acceptors (Lipinski definition) is 2. The lowest BCUT2D eigenvalue weighted by atomic mass is 10.2. The van der Waals surface area contributed by atoms with Gasteiger partial charge in [-0.3, -0.25) is 10.1 Å². The van der Waals surface area contributed by atoms with Crippen LogP contribution in [0.2, 0.25) is 0 Å². The summed E-state index contributed by atoms with van der Waals surface area (Å²) < 4.78 is 1.82. The Kier molecular flexibility index (Phi) is 3.35. The fraction of sp³-hybridized carbons (Fsp3) is 0.0833. The molecular formula is C12H10ClN2O2+. The number of nitrogens with zero attached hydrogens (tertiary/aromatic N) is 2. The van der Waals surface area contributed by atoms with E-state index in [4.69, 9.17) is 11.6 Å². The zero-order valence-electron chi connectivity index (χ0n) is 8.86. The quantitative estimate of drug-likeness (QED) is 0.363. The number of pyridine rings is 1. The molecular weight excluding hydrogens is 240 g/mol. The Bertz CT molecular complexity index is 514. The maximum absolute atomic E-state index is 10.5. The molecule has 2 aromatic rings. The van der Waals surface area contributed by atoms with Crippen molar-refractivity contribution in [3.8, 4) is 0 Å². The van der Waals surface area contributed by atoms with Gasteiger partial charge in [0, 0.05) is 29.8 Å². The summed E-state index contributed by atoms with van der Waals surface area (Å²) in [6, 6.07) is 11.9. The zero-order chi connectivity index (χ0) is 12.3. The molecule has 0 saturated heterocycles. The number of non-ortho nitro benzene ring substituents is 1. The molecule has 1 aromatic carbocycles. The minimum Gasteiger partial charge on any atom is -0.258 e. The molecule has 2 rings (SSSR count). The van der Waals surface area contributed by atoms with Crippen LogP contribution in [-0.4, -0.2) is 4.92 Å². The van der Waals surface area contributed by atoms with Crippen molar-refractivity contribution in [3.63, 3.8) is 0 Å². The minimum atomic E-state index is -0.428. The number of benzene rings is 1. The fourth-order valence-electron chi connectivity index (χ4n) is 1.49. The van der Waals surface area contributed by atoms with Crippen LogP contribution in [0.5, 0.6) is 0 Å². The van der Waals surface area contributed by atoms with Crippen molar-refractivity contribution < 1.29 is 9.49 Å². The first kappa shape index (κ1) is 11.5. The number of aromatic nitrogens is 1. The molecule has 0 saturated carbocycles. The molecule has 4 nitrogen and oxygen atoms in total. The Morgan fingerprint density at radius 2 is 1.71 bits per heavy atom. The predicted octanol–water partition coefficient (Wildman–Crippen LogP) is 2.67.